The molecule has 1 amide bonds. The summed E-state index contributed by atoms with van der Waals surface area (Å²) in [6.45, 7) is 3.33. The van der Waals surface area contributed by atoms with Crippen molar-refractivity contribution < 1.29 is 4.79 Å². The second-order valence-electron chi connectivity index (χ2n) is 4.34. The molecule has 0 aromatic carbocycles. The van der Waals surface area contributed by atoms with Gasteiger partial charge in [0.15, 0.2) is 0 Å². The summed E-state index contributed by atoms with van der Waals surface area (Å²) in [6.07, 6.45) is 1.79. The fourth-order valence-electron chi connectivity index (χ4n) is 1.91. The smallest absolute Gasteiger partial charge is 0.270 e. The Morgan fingerprint density at radius 2 is 2.26 bits per heavy atom. The van der Waals surface area contributed by atoms with Crippen molar-refractivity contribution in [2.24, 2.45) is 0 Å². The Labute approximate surface area is 125 Å². The van der Waals surface area contributed by atoms with E-state index in [4.69, 9.17) is 5.73 Å². The van der Waals surface area contributed by atoms with E-state index in [2.05, 4.69) is 15.9 Å². The van der Waals surface area contributed by atoms with Crippen LogP contribution in [0.3, 0.4) is 0 Å². The highest BCUT2D eigenvalue weighted by molar-refractivity contribution is 9.10. The molecule has 0 radical (unpaired) electrons. The molecule has 0 unspecified atom stereocenters. The number of aromatic nitrogens is 1. The second-order valence-corrected chi connectivity index (χ2v) is 6.25. The molecule has 0 aliphatic heterocycles. The summed E-state index contributed by atoms with van der Waals surface area (Å²) in [5.74, 6) is -0.0110. The molecule has 2 N–H and O–H groups in total. The summed E-state index contributed by atoms with van der Waals surface area (Å²) in [7, 11) is 1.80. The lowest BCUT2D eigenvalue weighted by Crippen LogP contribution is -2.27. The number of carbonyl (C=O) groups is 1. The number of halogens is 1. The number of thiophene rings is 1. The Kier molecular flexibility index (Phi) is 4.31. The summed E-state index contributed by atoms with van der Waals surface area (Å²) in [6, 6.07) is 3.76. The average Bonchev–Trinajstić information content (AvgIpc) is 2.94. The number of hydrogen-bond acceptors (Lipinski definition) is 3. The number of hydrogen-bond donors (Lipinski definition) is 1. The highest BCUT2D eigenvalue weighted by atomic mass is 79.9. The summed E-state index contributed by atoms with van der Waals surface area (Å²) in [5, 5.41) is 2.01. The zero-order valence-electron chi connectivity index (χ0n) is 10.9. The van der Waals surface area contributed by atoms with Gasteiger partial charge in [0.2, 0.25) is 0 Å². The predicted octanol–water partition coefficient (Wildman–Crippen LogP) is 3.19. The predicted molar refractivity (Wildman–Crippen MR) is 82.3 cm³/mol. The average molecular weight is 342 g/mol. The Balaban J connectivity index is 2.14. The van der Waals surface area contributed by atoms with Gasteiger partial charge in [-0.05, 0) is 35.0 Å². The zero-order valence-corrected chi connectivity index (χ0v) is 13.3. The van der Waals surface area contributed by atoms with Crippen LogP contribution in [0.2, 0.25) is 0 Å². The number of nitrogens with zero attached hydrogens (tertiary/aromatic N) is 2. The van der Waals surface area contributed by atoms with Gasteiger partial charge in [-0.1, -0.05) is 0 Å². The van der Waals surface area contributed by atoms with Crippen LogP contribution in [0.5, 0.6) is 0 Å². The molecule has 6 heteroatoms. The number of nitrogens with two attached hydrogens (primary N) is 1. The molecular formula is C13H16BrN3OS. The Morgan fingerprint density at radius 3 is 2.84 bits per heavy atom. The van der Waals surface area contributed by atoms with Gasteiger partial charge < -0.3 is 15.2 Å². The van der Waals surface area contributed by atoms with E-state index in [-0.39, 0.29) is 5.91 Å². The minimum atomic E-state index is -0.0110. The van der Waals surface area contributed by atoms with Crippen LogP contribution < -0.4 is 5.73 Å². The van der Waals surface area contributed by atoms with E-state index in [0.29, 0.717) is 17.9 Å². The van der Waals surface area contributed by atoms with E-state index in [9.17, 15) is 4.79 Å². The fraction of sp³-hybridized carbons (Fsp3) is 0.308. The number of carbonyl (C=O) groups excluding carboxylic acids is 1. The number of aryl methyl sites for hydroxylation is 1. The highest BCUT2D eigenvalue weighted by Crippen LogP contribution is 2.21. The highest BCUT2D eigenvalue weighted by Gasteiger charge is 2.17. The van der Waals surface area contributed by atoms with Crippen LogP contribution in [0.25, 0.3) is 0 Å². The summed E-state index contributed by atoms with van der Waals surface area (Å²) in [4.78, 5) is 15.2. The molecule has 0 atom stereocenters. The van der Waals surface area contributed by atoms with Crippen molar-refractivity contribution in [3.63, 3.8) is 0 Å². The summed E-state index contributed by atoms with van der Waals surface area (Å²) >= 11 is 5.05. The Bertz CT molecular complexity index is 590. The first-order chi connectivity index (χ1) is 9.01. The van der Waals surface area contributed by atoms with Crippen molar-refractivity contribution in [1.82, 2.24) is 9.47 Å². The third-order valence-electron chi connectivity index (χ3n) is 2.84. The molecule has 2 heterocycles. The minimum absolute atomic E-state index is 0.0110. The van der Waals surface area contributed by atoms with E-state index in [1.807, 2.05) is 22.9 Å². The van der Waals surface area contributed by atoms with Gasteiger partial charge in [0.25, 0.3) is 5.91 Å². The number of rotatable bonds is 4. The zero-order chi connectivity index (χ0) is 14.0. The number of nitrogen functional groups attached to an aromatic ring is 1. The molecule has 4 nitrogen and oxygen atoms in total. The van der Waals surface area contributed by atoms with Crippen LogP contribution >= 0.6 is 27.3 Å². The first-order valence-corrected chi connectivity index (χ1v) is 7.62. The fourth-order valence-corrected chi connectivity index (χ4v) is 3.42. The molecule has 2 rings (SSSR count). The molecule has 0 saturated heterocycles. The van der Waals surface area contributed by atoms with Crippen LogP contribution in [-0.2, 0) is 13.1 Å². The SMILES string of the molecule is CCn1cc(N)cc1C(=O)N(C)Cc1cc(Br)cs1. The maximum absolute atomic E-state index is 12.4. The van der Waals surface area contributed by atoms with Crippen LogP contribution in [-0.4, -0.2) is 22.4 Å². The topological polar surface area (TPSA) is 51.3 Å². The van der Waals surface area contributed by atoms with Gasteiger partial charge in [0, 0.05) is 34.5 Å². The molecule has 0 aliphatic rings. The lowest BCUT2D eigenvalue weighted by Gasteiger charge is -2.17. The number of anilines is 1. The van der Waals surface area contributed by atoms with Gasteiger partial charge in [0.1, 0.15) is 5.69 Å². The van der Waals surface area contributed by atoms with Crippen molar-refractivity contribution in [2.45, 2.75) is 20.0 Å². The molecule has 19 heavy (non-hydrogen) atoms. The second kappa shape index (κ2) is 5.79. The molecule has 2 aromatic heterocycles. The molecule has 0 saturated carbocycles. The van der Waals surface area contributed by atoms with E-state index in [0.717, 1.165) is 15.9 Å². The van der Waals surface area contributed by atoms with Gasteiger partial charge in [-0.3, -0.25) is 4.79 Å². The Hall–Kier alpha value is -1.27. The molecule has 0 fully saturated rings. The molecule has 0 aliphatic carbocycles. The van der Waals surface area contributed by atoms with Crippen molar-refractivity contribution in [3.8, 4) is 0 Å². The molecule has 102 valence electrons. The molecule has 0 bridgehead atoms. The van der Waals surface area contributed by atoms with Gasteiger partial charge in [-0.15, -0.1) is 11.3 Å². The maximum Gasteiger partial charge on any atom is 0.270 e. The van der Waals surface area contributed by atoms with Crippen LogP contribution in [0.4, 0.5) is 5.69 Å². The van der Waals surface area contributed by atoms with Crippen molar-refractivity contribution in [1.29, 1.82) is 0 Å². The van der Waals surface area contributed by atoms with Gasteiger partial charge in [-0.2, -0.15) is 0 Å². The van der Waals surface area contributed by atoms with E-state index < -0.39 is 0 Å². The quantitative estimate of drug-likeness (QED) is 0.928. The van der Waals surface area contributed by atoms with Crippen LogP contribution in [0.15, 0.2) is 28.2 Å². The van der Waals surface area contributed by atoms with Gasteiger partial charge >= 0.3 is 0 Å². The molecule has 2 aromatic rings. The Morgan fingerprint density at radius 1 is 1.53 bits per heavy atom. The number of amides is 1. The summed E-state index contributed by atoms with van der Waals surface area (Å²) < 4.78 is 2.92. The first kappa shape index (κ1) is 14.1. The third-order valence-corrected chi connectivity index (χ3v) is 4.52. The van der Waals surface area contributed by atoms with Gasteiger partial charge in [-0.25, -0.2) is 0 Å². The normalized spacial score (nSPS) is 10.7. The van der Waals surface area contributed by atoms with Crippen LogP contribution in [0, 0.1) is 0 Å². The van der Waals surface area contributed by atoms with Crippen molar-refractivity contribution in [2.75, 3.05) is 12.8 Å². The van der Waals surface area contributed by atoms with Crippen molar-refractivity contribution in [3.05, 3.63) is 38.8 Å². The first-order valence-electron chi connectivity index (χ1n) is 5.95. The maximum atomic E-state index is 12.4. The molecular weight excluding hydrogens is 326 g/mol. The largest absolute Gasteiger partial charge is 0.397 e. The standard InChI is InChI=1S/C13H16BrN3OS/c1-3-17-6-10(15)5-12(17)13(18)16(2)7-11-4-9(14)8-19-11/h4-6,8H,3,7,15H2,1-2H3. The lowest BCUT2D eigenvalue weighted by molar-refractivity contribution is 0.0776. The van der Waals surface area contributed by atoms with E-state index in [1.54, 1.807) is 35.5 Å². The van der Waals surface area contributed by atoms with Gasteiger partial charge in [0.05, 0.1) is 12.2 Å². The minimum Gasteiger partial charge on any atom is -0.397 e. The van der Waals surface area contributed by atoms with Crippen molar-refractivity contribution >= 4 is 38.9 Å². The lowest BCUT2D eigenvalue weighted by atomic mass is 10.3. The van der Waals surface area contributed by atoms with E-state index in [1.165, 1.54) is 0 Å². The molecule has 0 spiro atoms. The van der Waals surface area contributed by atoms with Crippen LogP contribution in [0.1, 0.15) is 22.3 Å². The summed E-state index contributed by atoms with van der Waals surface area (Å²) in [5.41, 5.74) is 7.01. The monoisotopic (exact) mass is 341 g/mol. The van der Waals surface area contributed by atoms with E-state index >= 15 is 0 Å². The third kappa shape index (κ3) is 3.19.